The molecule has 0 aliphatic carbocycles. The van der Waals surface area contributed by atoms with Crippen LogP contribution in [0.15, 0.2) is 42.5 Å². The van der Waals surface area contributed by atoms with Crippen molar-refractivity contribution in [3.63, 3.8) is 0 Å². The second-order valence-electron chi connectivity index (χ2n) is 7.24. The van der Waals surface area contributed by atoms with Gasteiger partial charge in [-0.2, -0.15) is 0 Å². The summed E-state index contributed by atoms with van der Waals surface area (Å²) in [6.45, 7) is 4.32. The number of benzene rings is 2. The normalized spacial score (nSPS) is 16.4. The number of carbonyl (C=O) groups excluding carboxylic acids is 2. The molecule has 0 bridgehead atoms. The number of rotatable bonds is 7. The highest BCUT2D eigenvalue weighted by atomic mass is 35.5. The number of para-hydroxylation sites is 1. The Hall–Kier alpha value is -2.81. The largest absolute Gasteiger partial charge is 0.482 e. The minimum Gasteiger partial charge on any atom is -0.482 e. The first-order chi connectivity index (χ1) is 15.1. The number of carbonyl (C=O) groups is 2. The Balaban J connectivity index is 1.36. The number of hydrogen-bond acceptors (Lipinski definition) is 6. The first-order valence-corrected chi connectivity index (χ1v) is 10.5. The molecular formula is C22H24ClN3O5. The van der Waals surface area contributed by atoms with Gasteiger partial charge >= 0.3 is 0 Å². The Morgan fingerprint density at radius 2 is 1.94 bits per heavy atom. The number of anilines is 2. The molecule has 0 spiro atoms. The summed E-state index contributed by atoms with van der Waals surface area (Å²) >= 11 is 6.03. The lowest BCUT2D eigenvalue weighted by Crippen LogP contribution is -2.45. The van der Waals surface area contributed by atoms with Gasteiger partial charge in [-0.1, -0.05) is 23.7 Å². The third kappa shape index (κ3) is 5.46. The van der Waals surface area contributed by atoms with E-state index in [1.807, 2.05) is 0 Å². The van der Waals surface area contributed by atoms with Crippen molar-refractivity contribution >= 4 is 34.8 Å². The number of fused-ring (bicyclic) bond motifs is 1. The Labute approximate surface area is 185 Å². The molecule has 31 heavy (non-hydrogen) atoms. The van der Waals surface area contributed by atoms with Gasteiger partial charge in [-0.05, 0) is 24.3 Å². The van der Waals surface area contributed by atoms with Crippen molar-refractivity contribution in [3.05, 3.63) is 47.5 Å². The Morgan fingerprint density at radius 3 is 2.74 bits per heavy atom. The van der Waals surface area contributed by atoms with Crippen molar-refractivity contribution in [2.45, 2.75) is 0 Å². The quantitative estimate of drug-likeness (QED) is 0.705. The highest BCUT2D eigenvalue weighted by Crippen LogP contribution is 2.34. The van der Waals surface area contributed by atoms with Crippen LogP contribution in [0.1, 0.15) is 0 Å². The minimum absolute atomic E-state index is 0.0247. The molecule has 8 nitrogen and oxygen atoms in total. The van der Waals surface area contributed by atoms with E-state index in [9.17, 15) is 9.59 Å². The zero-order chi connectivity index (χ0) is 21.6. The van der Waals surface area contributed by atoms with E-state index in [1.54, 1.807) is 47.4 Å². The van der Waals surface area contributed by atoms with Crippen molar-refractivity contribution in [2.75, 3.05) is 62.8 Å². The number of amides is 2. The van der Waals surface area contributed by atoms with Gasteiger partial charge in [0.05, 0.1) is 23.9 Å². The van der Waals surface area contributed by atoms with Crippen LogP contribution in [-0.2, 0) is 14.3 Å². The fourth-order valence-corrected chi connectivity index (χ4v) is 3.69. The molecule has 0 aromatic heterocycles. The summed E-state index contributed by atoms with van der Waals surface area (Å²) in [4.78, 5) is 28.7. The van der Waals surface area contributed by atoms with Crippen LogP contribution < -0.4 is 19.7 Å². The first kappa shape index (κ1) is 21.4. The summed E-state index contributed by atoms with van der Waals surface area (Å²) in [7, 11) is 0. The lowest BCUT2D eigenvalue weighted by Gasteiger charge is -2.33. The van der Waals surface area contributed by atoms with Crippen molar-refractivity contribution in [3.8, 4) is 11.5 Å². The van der Waals surface area contributed by atoms with E-state index in [0.717, 1.165) is 32.8 Å². The van der Waals surface area contributed by atoms with Gasteiger partial charge in [0.25, 0.3) is 11.8 Å². The molecule has 0 atom stereocenters. The van der Waals surface area contributed by atoms with Gasteiger partial charge in [-0.3, -0.25) is 14.5 Å². The maximum atomic E-state index is 12.4. The van der Waals surface area contributed by atoms with Gasteiger partial charge in [0, 0.05) is 37.9 Å². The topological polar surface area (TPSA) is 80.3 Å². The molecule has 1 saturated heterocycles. The van der Waals surface area contributed by atoms with E-state index >= 15 is 0 Å². The molecule has 2 aliphatic rings. The van der Waals surface area contributed by atoms with Crippen LogP contribution in [0, 0.1) is 0 Å². The van der Waals surface area contributed by atoms with E-state index in [-0.39, 0.29) is 25.0 Å². The van der Waals surface area contributed by atoms with Crippen molar-refractivity contribution < 1.29 is 23.8 Å². The number of halogens is 1. The Kier molecular flexibility index (Phi) is 6.91. The Morgan fingerprint density at radius 1 is 1.13 bits per heavy atom. The standard InChI is InChI=1S/C22H24ClN3O5/c23-17-3-1-2-4-19(17)30-14-21(27)24-16-5-6-18-20(13-16)31-15-22(28)26(18)8-7-25-9-11-29-12-10-25/h1-6,13H,7-12,14-15H2,(H,24,27). The van der Waals surface area contributed by atoms with Crippen LogP contribution in [-0.4, -0.2) is 69.3 Å². The maximum Gasteiger partial charge on any atom is 0.265 e. The summed E-state index contributed by atoms with van der Waals surface area (Å²) in [6.07, 6.45) is 0. The van der Waals surface area contributed by atoms with Gasteiger partial charge in [0.1, 0.15) is 11.5 Å². The second-order valence-corrected chi connectivity index (χ2v) is 7.65. The van der Waals surface area contributed by atoms with Gasteiger partial charge < -0.3 is 24.4 Å². The van der Waals surface area contributed by atoms with E-state index < -0.39 is 0 Å². The van der Waals surface area contributed by atoms with Gasteiger partial charge in [0.15, 0.2) is 13.2 Å². The van der Waals surface area contributed by atoms with Gasteiger partial charge in [-0.25, -0.2) is 0 Å². The van der Waals surface area contributed by atoms with Crippen LogP contribution in [0.3, 0.4) is 0 Å². The molecule has 164 valence electrons. The molecular weight excluding hydrogens is 422 g/mol. The predicted molar refractivity (Wildman–Crippen MR) is 117 cm³/mol. The predicted octanol–water partition coefficient (Wildman–Crippen LogP) is 2.42. The number of hydrogen-bond donors (Lipinski definition) is 1. The van der Waals surface area contributed by atoms with Crippen molar-refractivity contribution in [2.24, 2.45) is 0 Å². The van der Waals surface area contributed by atoms with Crippen LogP contribution in [0.5, 0.6) is 11.5 Å². The second kappa shape index (κ2) is 10.00. The average molecular weight is 446 g/mol. The van der Waals surface area contributed by atoms with Crippen LogP contribution in [0.2, 0.25) is 5.02 Å². The fourth-order valence-electron chi connectivity index (χ4n) is 3.50. The highest BCUT2D eigenvalue weighted by molar-refractivity contribution is 6.32. The summed E-state index contributed by atoms with van der Waals surface area (Å²) < 4.78 is 16.4. The number of nitrogens with zero attached hydrogens (tertiary/aromatic N) is 2. The molecule has 2 aromatic carbocycles. The molecule has 0 unspecified atom stereocenters. The summed E-state index contributed by atoms with van der Waals surface area (Å²) in [5.41, 5.74) is 1.27. The molecule has 2 aliphatic heterocycles. The first-order valence-electron chi connectivity index (χ1n) is 10.1. The summed E-state index contributed by atoms with van der Waals surface area (Å²) in [6, 6.07) is 12.2. The SMILES string of the molecule is O=C(COc1ccccc1Cl)Nc1ccc2c(c1)OCC(=O)N2CCN1CCOCC1. The zero-order valence-corrected chi connectivity index (χ0v) is 17.8. The van der Waals surface area contributed by atoms with Crippen LogP contribution >= 0.6 is 11.6 Å². The van der Waals surface area contributed by atoms with E-state index in [1.165, 1.54) is 0 Å². The lowest BCUT2D eigenvalue weighted by atomic mass is 10.2. The number of nitrogens with one attached hydrogen (secondary N) is 1. The third-order valence-corrected chi connectivity index (χ3v) is 5.44. The molecule has 2 amide bonds. The Bertz CT molecular complexity index is 948. The van der Waals surface area contributed by atoms with E-state index in [0.29, 0.717) is 34.4 Å². The maximum absolute atomic E-state index is 12.4. The number of ether oxygens (including phenoxy) is 3. The van der Waals surface area contributed by atoms with E-state index in [4.69, 9.17) is 25.8 Å². The molecule has 4 rings (SSSR count). The van der Waals surface area contributed by atoms with Gasteiger partial charge in [0.2, 0.25) is 0 Å². The summed E-state index contributed by atoms with van der Waals surface area (Å²) in [5, 5.41) is 3.22. The molecule has 9 heteroatoms. The van der Waals surface area contributed by atoms with E-state index in [2.05, 4.69) is 10.2 Å². The summed E-state index contributed by atoms with van der Waals surface area (Å²) in [5.74, 6) is 0.607. The van der Waals surface area contributed by atoms with Crippen LogP contribution in [0.4, 0.5) is 11.4 Å². The molecule has 2 aromatic rings. The lowest BCUT2D eigenvalue weighted by molar-refractivity contribution is -0.121. The molecule has 0 radical (unpaired) electrons. The molecule has 2 heterocycles. The van der Waals surface area contributed by atoms with Crippen LogP contribution in [0.25, 0.3) is 0 Å². The van der Waals surface area contributed by atoms with Crippen molar-refractivity contribution in [1.82, 2.24) is 4.90 Å². The molecule has 0 saturated carbocycles. The average Bonchev–Trinajstić information content (AvgIpc) is 2.78. The molecule has 1 N–H and O–H groups in total. The third-order valence-electron chi connectivity index (χ3n) is 5.13. The monoisotopic (exact) mass is 445 g/mol. The van der Waals surface area contributed by atoms with Gasteiger partial charge in [-0.15, -0.1) is 0 Å². The van der Waals surface area contributed by atoms with Crippen molar-refractivity contribution in [1.29, 1.82) is 0 Å². The fraction of sp³-hybridized carbons (Fsp3) is 0.364. The minimum atomic E-state index is -0.323. The smallest absolute Gasteiger partial charge is 0.265 e. The molecule has 1 fully saturated rings. The zero-order valence-electron chi connectivity index (χ0n) is 17.0. The number of morpholine rings is 1. The highest BCUT2D eigenvalue weighted by Gasteiger charge is 2.26.